The van der Waals surface area contributed by atoms with E-state index in [1.807, 2.05) is 6.92 Å². The quantitative estimate of drug-likeness (QED) is 0.229. The molecular weight excluding hydrogens is 504 g/mol. The molecule has 0 aromatic rings. The fourth-order valence-electron chi connectivity index (χ4n) is 10.1. The van der Waals surface area contributed by atoms with Crippen LogP contribution in [0.2, 0.25) is 0 Å². The number of carbonyl (C=O) groups excluding carboxylic acids is 1. The standard InChI is InChI=1S/C34H54O6/c1-4-36-30(35)16-13-23-12-15-27-26-14-11-24-21-25(39-31-9-5-7-19-37-31)22-29(40-32-10-6-8-20-38-32)34(24,3)28(26)17-18-33(23,27)2/h11,23,25-29,31-32H,4-10,12-22H2,1-3H3/t23-,25-,26+,27+,28+,29+,31?,32?,33-,34+/m1/s1. The van der Waals surface area contributed by atoms with Crippen LogP contribution in [-0.4, -0.2) is 50.6 Å². The Morgan fingerprint density at radius 1 is 0.950 bits per heavy atom. The average molecular weight is 559 g/mol. The number of hydrogen-bond donors (Lipinski definition) is 0. The van der Waals surface area contributed by atoms with E-state index in [0.717, 1.165) is 64.1 Å². The Morgan fingerprint density at radius 3 is 2.40 bits per heavy atom. The highest BCUT2D eigenvalue weighted by Crippen LogP contribution is 2.67. The lowest BCUT2D eigenvalue weighted by Gasteiger charge is -2.60. The van der Waals surface area contributed by atoms with E-state index in [1.54, 1.807) is 5.57 Å². The molecule has 2 saturated heterocycles. The van der Waals surface area contributed by atoms with E-state index in [2.05, 4.69) is 19.9 Å². The van der Waals surface area contributed by atoms with Crippen molar-refractivity contribution in [3.63, 3.8) is 0 Å². The van der Waals surface area contributed by atoms with Crippen LogP contribution in [0, 0.1) is 34.5 Å². The predicted octanol–water partition coefficient (Wildman–Crippen LogP) is 7.34. The highest BCUT2D eigenvalue weighted by Gasteiger charge is 2.61. The molecule has 40 heavy (non-hydrogen) atoms. The van der Waals surface area contributed by atoms with Crippen molar-refractivity contribution in [2.75, 3.05) is 19.8 Å². The molecule has 0 aromatic heterocycles. The first-order chi connectivity index (χ1) is 19.4. The molecule has 2 heterocycles. The smallest absolute Gasteiger partial charge is 0.305 e. The predicted molar refractivity (Wildman–Crippen MR) is 153 cm³/mol. The van der Waals surface area contributed by atoms with Crippen molar-refractivity contribution in [3.8, 4) is 0 Å². The fourth-order valence-corrected chi connectivity index (χ4v) is 10.1. The summed E-state index contributed by atoms with van der Waals surface area (Å²) in [5.41, 5.74) is 1.93. The van der Waals surface area contributed by atoms with Gasteiger partial charge in [-0.25, -0.2) is 0 Å². The maximum atomic E-state index is 12.2. The van der Waals surface area contributed by atoms with Gasteiger partial charge >= 0.3 is 5.97 Å². The Morgan fingerprint density at radius 2 is 1.70 bits per heavy atom. The first-order valence-corrected chi connectivity index (χ1v) is 16.8. The van der Waals surface area contributed by atoms with Gasteiger partial charge in [0.15, 0.2) is 12.6 Å². The zero-order chi connectivity index (χ0) is 27.7. The van der Waals surface area contributed by atoms with Crippen LogP contribution in [0.4, 0.5) is 0 Å². The molecule has 0 amide bonds. The van der Waals surface area contributed by atoms with Crippen LogP contribution < -0.4 is 0 Å². The van der Waals surface area contributed by atoms with E-state index in [1.165, 1.54) is 44.9 Å². The summed E-state index contributed by atoms with van der Waals surface area (Å²) in [7, 11) is 0. The van der Waals surface area contributed by atoms with E-state index in [4.69, 9.17) is 23.7 Å². The van der Waals surface area contributed by atoms with Gasteiger partial charge in [-0.3, -0.25) is 4.79 Å². The highest BCUT2D eigenvalue weighted by molar-refractivity contribution is 5.69. The van der Waals surface area contributed by atoms with Crippen molar-refractivity contribution in [2.24, 2.45) is 34.5 Å². The van der Waals surface area contributed by atoms with Gasteiger partial charge in [0.25, 0.3) is 0 Å². The minimum atomic E-state index is -0.0884. The van der Waals surface area contributed by atoms with Crippen molar-refractivity contribution in [1.82, 2.24) is 0 Å². The largest absolute Gasteiger partial charge is 0.466 e. The lowest BCUT2D eigenvalue weighted by atomic mass is 9.46. The van der Waals surface area contributed by atoms with E-state index in [-0.39, 0.29) is 36.2 Å². The molecule has 0 spiro atoms. The molecule has 226 valence electrons. The second-order valence-corrected chi connectivity index (χ2v) is 14.2. The van der Waals surface area contributed by atoms with Crippen LogP contribution in [0.3, 0.4) is 0 Å². The maximum Gasteiger partial charge on any atom is 0.305 e. The summed E-state index contributed by atoms with van der Waals surface area (Å²) in [4.78, 5) is 12.2. The van der Waals surface area contributed by atoms with Gasteiger partial charge in [-0.05, 0) is 119 Å². The van der Waals surface area contributed by atoms with Crippen molar-refractivity contribution in [3.05, 3.63) is 11.6 Å². The molecule has 6 heteroatoms. The van der Waals surface area contributed by atoms with Gasteiger partial charge in [0.1, 0.15) is 0 Å². The van der Waals surface area contributed by atoms with Crippen molar-refractivity contribution < 1.29 is 28.5 Å². The average Bonchev–Trinajstić information content (AvgIpc) is 3.30. The normalized spacial score (nSPS) is 45.1. The Hall–Kier alpha value is -0.950. The van der Waals surface area contributed by atoms with Gasteiger partial charge in [0, 0.05) is 31.5 Å². The first-order valence-electron chi connectivity index (χ1n) is 16.8. The molecule has 0 radical (unpaired) electrons. The summed E-state index contributed by atoms with van der Waals surface area (Å²) in [5.74, 6) is 2.66. The number of ether oxygens (including phenoxy) is 5. The number of hydrogen-bond acceptors (Lipinski definition) is 6. The van der Waals surface area contributed by atoms with E-state index in [0.29, 0.717) is 36.2 Å². The van der Waals surface area contributed by atoms with E-state index < -0.39 is 0 Å². The second-order valence-electron chi connectivity index (χ2n) is 14.2. The minimum absolute atomic E-state index is 0.0245. The van der Waals surface area contributed by atoms with E-state index in [9.17, 15) is 4.79 Å². The number of rotatable bonds is 8. The van der Waals surface area contributed by atoms with Crippen molar-refractivity contribution >= 4 is 5.97 Å². The SMILES string of the molecule is CCOC(=O)CC[C@H]1CC[C@H]2[C@@H]3CC=C4C[C@@H](OC5CCCCO5)C[C@H](OC5CCCCO5)[C@]4(C)[C@H]3CC[C@]12C. The Bertz CT molecular complexity index is 906. The van der Waals surface area contributed by atoms with Crippen LogP contribution in [-0.2, 0) is 28.5 Å². The molecule has 2 aliphatic heterocycles. The first kappa shape index (κ1) is 29.1. The van der Waals surface area contributed by atoms with Gasteiger partial charge in [-0.1, -0.05) is 25.5 Å². The van der Waals surface area contributed by atoms with Gasteiger partial charge in [-0.2, -0.15) is 0 Å². The minimum Gasteiger partial charge on any atom is -0.466 e. The summed E-state index contributed by atoms with van der Waals surface area (Å²) < 4.78 is 31.0. The van der Waals surface area contributed by atoms with Crippen molar-refractivity contribution in [1.29, 1.82) is 0 Å². The highest BCUT2D eigenvalue weighted by atomic mass is 16.7. The number of allylic oxidation sites excluding steroid dienone is 1. The molecule has 5 fully saturated rings. The lowest BCUT2D eigenvalue weighted by Crippen LogP contribution is -2.57. The van der Waals surface area contributed by atoms with Crippen LogP contribution in [0.5, 0.6) is 0 Å². The zero-order valence-electron chi connectivity index (χ0n) is 25.4. The monoisotopic (exact) mass is 558 g/mol. The molecule has 0 N–H and O–H groups in total. The van der Waals surface area contributed by atoms with Gasteiger partial charge in [-0.15, -0.1) is 0 Å². The molecule has 0 aromatic carbocycles. The Balaban J connectivity index is 1.21. The Kier molecular flexibility index (Phi) is 8.99. The third-order valence-corrected chi connectivity index (χ3v) is 12.3. The molecule has 6 aliphatic rings. The lowest BCUT2D eigenvalue weighted by molar-refractivity contribution is -0.248. The third kappa shape index (κ3) is 5.56. The second kappa shape index (κ2) is 12.3. The summed E-state index contributed by atoms with van der Waals surface area (Å²) in [6, 6.07) is 0. The fraction of sp³-hybridized carbons (Fsp3) is 0.912. The van der Waals surface area contributed by atoms with Crippen molar-refractivity contribution in [2.45, 2.75) is 142 Å². The van der Waals surface area contributed by atoms with Crippen LogP contribution in [0.1, 0.15) is 117 Å². The number of fused-ring (bicyclic) bond motifs is 5. The van der Waals surface area contributed by atoms with Crippen LogP contribution >= 0.6 is 0 Å². The van der Waals surface area contributed by atoms with Gasteiger partial charge in [0.2, 0.25) is 0 Å². The number of carbonyl (C=O) groups is 1. The third-order valence-electron chi connectivity index (χ3n) is 12.3. The number of esters is 1. The summed E-state index contributed by atoms with van der Waals surface area (Å²) in [6.07, 6.45) is 19.1. The van der Waals surface area contributed by atoms with Crippen LogP contribution in [0.15, 0.2) is 11.6 Å². The summed E-state index contributed by atoms with van der Waals surface area (Å²) in [6.45, 7) is 9.10. The zero-order valence-corrected chi connectivity index (χ0v) is 25.4. The summed E-state index contributed by atoms with van der Waals surface area (Å²) >= 11 is 0. The van der Waals surface area contributed by atoms with E-state index >= 15 is 0 Å². The molecule has 2 unspecified atom stereocenters. The molecule has 6 nitrogen and oxygen atoms in total. The molecule has 4 aliphatic carbocycles. The molecule has 6 rings (SSSR count). The van der Waals surface area contributed by atoms with Gasteiger partial charge in [0.05, 0.1) is 18.8 Å². The topological polar surface area (TPSA) is 63.2 Å². The van der Waals surface area contributed by atoms with Gasteiger partial charge < -0.3 is 23.7 Å². The molecule has 3 saturated carbocycles. The maximum absolute atomic E-state index is 12.2. The Labute approximate surface area is 242 Å². The molecular formula is C34H54O6. The summed E-state index contributed by atoms with van der Waals surface area (Å²) in [5, 5.41) is 0. The van der Waals surface area contributed by atoms with Crippen LogP contribution in [0.25, 0.3) is 0 Å². The molecule has 10 atom stereocenters. The molecule has 0 bridgehead atoms.